The lowest BCUT2D eigenvalue weighted by Gasteiger charge is -2.21. The molecular weight excluding hydrogens is 229 g/mol. The summed E-state index contributed by atoms with van der Waals surface area (Å²) in [5.74, 6) is -2.76. The first kappa shape index (κ1) is 14.7. The summed E-state index contributed by atoms with van der Waals surface area (Å²) in [6.07, 6.45) is -2.02. The van der Waals surface area contributed by atoms with Gasteiger partial charge in [-0.25, -0.2) is 4.79 Å². The smallest absolute Gasteiger partial charge is 0.475 e. The van der Waals surface area contributed by atoms with E-state index in [1.165, 1.54) is 6.42 Å². The molecule has 0 aliphatic carbocycles. The van der Waals surface area contributed by atoms with Gasteiger partial charge in [0.2, 0.25) is 6.41 Å². The number of amides is 1. The highest BCUT2D eigenvalue weighted by molar-refractivity contribution is 5.73. The van der Waals surface area contributed by atoms with Crippen LogP contribution in [0.15, 0.2) is 0 Å². The van der Waals surface area contributed by atoms with Crippen LogP contribution < -0.4 is 10.6 Å². The number of carboxylic acid groups (broad SMARTS) is 1. The maximum atomic E-state index is 10.6. The van der Waals surface area contributed by atoms with Crippen LogP contribution in [-0.4, -0.2) is 42.8 Å². The summed E-state index contributed by atoms with van der Waals surface area (Å²) in [4.78, 5) is 18.8. The van der Waals surface area contributed by atoms with Gasteiger partial charge in [-0.05, 0) is 19.4 Å². The van der Waals surface area contributed by atoms with Crippen LogP contribution in [0.2, 0.25) is 0 Å². The first-order chi connectivity index (χ1) is 7.38. The zero-order valence-electron chi connectivity index (χ0n) is 8.38. The Kier molecular flexibility index (Phi) is 6.47. The molecule has 94 valence electrons. The van der Waals surface area contributed by atoms with Gasteiger partial charge in [-0.1, -0.05) is 0 Å². The van der Waals surface area contributed by atoms with Crippen molar-refractivity contribution in [3.8, 4) is 0 Å². The van der Waals surface area contributed by atoms with Gasteiger partial charge in [0, 0.05) is 12.6 Å². The molecule has 16 heavy (non-hydrogen) atoms. The molecule has 1 saturated heterocycles. The van der Waals surface area contributed by atoms with Crippen molar-refractivity contribution in [3.05, 3.63) is 0 Å². The number of nitrogens with one attached hydrogen (secondary N) is 2. The van der Waals surface area contributed by atoms with Crippen LogP contribution in [0.1, 0.15) is 12.8 Å². The third kappa shape index (κ3) is 7.04. The predicted molar refractivity (Wildman–Crippen MR) is 48.8 cm³/mol. The number of alkyl halides is 3. The van der Waals surface area contributed by atoms with Gasteiger partial charge < -0.3 is 15.7 Å². The number of rotatable bonds is 2. The number of hydrogen-bond donors (Lipinski definition) is 3. The van der Waals surface area contributed by atoms with E-state index in [0.717, 1.165) is 25.9 Å². The Balaban J connectivity index is 0.000000293. The van der Waals surface area contributed by atoms with Crippen LogP contribution in [0.4, 0.5) is 13.2 Å². The van der Waals surface area contributed by atoms with Crippen LogP contribution in [0.5, 0.6) is 0 Å². The van der Waals surface area contributed by atoms with Gasteiger partial charge in [0.25, 0.3) is 0 Å². The molecule has 0 aromatic carbocycles. The Morgan fingerprint density at radius 1 is 1.50 bits per heavy atom. The minimum absolute atomic E-state index is 0.372. The molecule has 0 aromatic rings. The van der Waals surface area contributed by atoms with Gasteiger partial charge in [-0.2, -0.15) is 13.2 Å². The van der Waals surface area contributed by atoms with Crippen molar-refractivity contribution in [3.63, 3.8) is 0 Å². The Morgan fingerprint density at radius 2 is 2.06 bits per heavy atom. The molecule has 8 heteroatoms. The fourth-order valence-electron chi connectivity index (χ4n) is 1.09. The highest BCUT2D eigenvalue weighted by Gasteiger charge is 2.38. The van der Waals surface area contributed by atoms with Gasteiger partial charge in [-0.15, -0.1) is 0 Å². The van der Waals surface area contributed by atoms with E-state index >= 15 is 0 Å². The van der Waals surface area contributed by atoms with E-state index in [4.69, 9.17) is 9.90 Å². The molecule has 1 aliphatic heterocycles. The summed E-state index contributed by atoms with van der Waals surface area (Å²) in [7, 11) is 0. The number of piperidine rings is 1. The Hall–Kier alpha value is -1.31. The van der Waals surface area contributed by atoms with Crippen molar-refractivity contribution in [1.29, 1.82) is 0 Å². The molecule has 1 unspecified atom stereocenters. The minimum Gasteiger partial charge on any atom is -0.475 e. The van der Waals surface area contributed by atoms with Crippen LogP contribution in [0.3, 0.4) is 0 Å². The topological polar surface area (TPSA) is 78.4 Å². The molecule has 1 atom stereocenters. The monoisotopic (exact) mass is 242 g/mol. The maximum Gasteiger partial charge on any atom is 0.490 e. The lowest BCUT2D eigenvalue weighted by atomic mass is 10.1. The average Bonchev–Trinajstić information content (AvgIpc) is 2.19. The van der Waals surface area contributed by atoms with E-state index in [1.807, 2.05) is 0 Å². The molecule has 0 spiro atoms. The van der Waals surface area contributed by atoms with Crippen molar-refractivity contribution >= 4 is 12.4 Å². The summed E-state index contributed by atoms with van der Waals surface area (Å²) in [5.41, 5.74) is 0. The molecule has 0 saturated carbocycles. The van der Waals surface area contributed by atoms with Crippen molar-refractivity contribution in [2.45, 2.75) is 25.1 Å². The predicted octanol–water partition coefficient (Wildman–Crippen LogP) is 0.118. The number of carboxylic acids is 1. The second-order valence-electron chi connectivity index (χ2n) is 3.13. The Bertz CT molecular complexity index is 227. The van der Waals surface area contributed by atoms with E-state index in [2.05, 4.69) is 10.6 Å². The van der Waals surface area contributed by atoms with Crippen LogP contribution in [0, 0.1) is 0 Å². The van der Waals surface area contributed by atoms with E-state index in [9.17, 15) is 18.0 Å². The molecule has 1 rings (SSSR count). The van der Waals surface area contributed by atoms with Crippen molar-refractivity contribution in [2.24, 2.45) is 0 Å². The Labute approximate surface area is 90.0 Å². The van der Waals surface area contributed by atoms with E-state index in [1.54, 1.807) is 0 Å². The van der Waals surface area contributed by atoms with E-state index < -0.39 is 12.1 Å². The minimum atomic E-state index is -5.08. The molecule has 1 heterocycles. The van der Waals surface area contributed by atoms with Gasteiger partial charge >= 0.3 is 12.1 Å². The largest absolute Gasteiger partial charge is 0.490 e. The maximum absolute atomic E-state index is 10.6. The highest BCUT2D eigenvalue weighted by atomic mass is 19.4. The molecule has 0 radical (unpaired) electrons. The third-order valence-corrected chi connectivity index (χ3v) is 1.84. The molecule has 3 N–H and O–H groups in total. The highest BCUT2D eigenvalue weighted by Crippen LogP contribution is 2.13. The summed E-state index contributed by atoms with van der Waals surface area (Å²) in [6, 6.07) is 0.372. The van der Waals surface area contributed by atoms with Gasteiger partial charge in [0.15, 0.2) is 0 Å². The second kappa shape index (κ2) is 7.04. The fraction of sp³-hybridized carbons (Fsp3) is 0.750. The molecule has 1 fully saturated rings. The molecule has 5 nitrogen and oxygen atoms in total. The lowest BCUT2D eigenvalue weighted by Crippen LogP contribution is -2.42. The molecular formula is C8H13F3N2O3. The molecule has 0 bridgehead atoms. The third-order valence-electron chi connectivity index (χ3n) is 1.84. The molecule has 1 aliphatic rings. The molecule has 0 aromatic heterocycles. The van der Waals surface area contributed by atoms with Crippen molar-refractivity contribution < 1.29 is 27.9 Å². The first-order valence-corrected chi connectivity index (χ1v) is 4.58. The zero-order chi connectivity index (χ0) is 12.6. The van der Waals surface area contributed by atoms with E-state index in [0.29, 0.717) is 6.04 Å². The summed E-state index contributed by atoms with van der Waals surface area (Å²) >= 11 is 0. The zero-order valence-corrected chi connectivity index (χ0v) is 8.38. The fourth-order valence-corrected chi connectivity index (χ4v) is 1.09. The quantitative estimate of drug-likeness (QED) is 0.601. The standard InChI is InChI=1S/C6H12N2O.C2HF3O2/c9-5-8-6-2-1-3-7-4-6;3-2(4,5)1(6)7/h5-7H,1-4H2,(H,8,9);(H,6,7). The van der Waals surface area contributed by atoms with Crippen molar-refractivity contribution in [1.82, 2.24) is 10.6 Å². The summed E-state index contributed by atoms with van der Waals surface area (Å²) in [5, 5.41) is 13.1. The average molecular weight is 242 g/mol. The summed E-state index contributed by atoms with van der Waals surface area (Å²) in [6.45, 7) is 2.02. The first-order valence-electron chi connectivity index (χ1n) is 4.58. The lowest BCUT2D eigenvalue weighted by molar-refractivity contribution is -0.192. The Morgan fingerprint density at radius 3 is 2.38 bits per heavy atom. The van der Waals surface area contributed by atoms with Crippen molar-refractivity contribution in [2.75, 3.05) is 13.1 Å². The number of carbonyl (C=O) groups excluding carboxylic acids is 1. The number of hydrogen-bond acceptors (Lipinski definition) is 3. The second-order valence-corrected chi connectivity index (χ2v) is 3.13. The molecule has 1 amide bonds. The number of carbonyl (C=O) groups is 2. The van der Waals surface area contributed by atoms with Gasteiger partial charge in [-0.3, -0.25) is 4.79 Å². The SMILES string of the molecule is O=C(O)C(F)(F)F.O=CNC1CCCNC1. The number of halogens is 3. The van der Waals surface area contributed by atoms with E-state index in [-0.39, 0.29) is 0 Å². The van der Waals surface area contributed by atoms with Crippen LogP contribution in [0.25, 0.3) is 0 Å². The summed E-state index contributed by atoms with van der Waals surface area (Å²) < 4.78 is 31.7. The van der Waals surface area contributed by atoms with Gasteiger partial charge in [0.05, 0.1) is 0 Å². The number of aliphatic carboxylic acids is 1. The normalized spacial score (nSPS) is 20.3. The van der Waals surface area contributed by atoms with Gasteiger partial charge in [0.1, 0.15) is 0 Å². The van der Waals surface area contributed by atoms with Crippen LogP contribution >= 0.6 is 0 Å². The van der Waals surface area contributed by atoms with Crippen LogP contribution in [-0.2, 0) is 9.59 Å².